The fraction of sp³-hybridized carbons (Fsp3) is 0.409. The van der Waals surface area contributed by atoms with Gasteiger partial charge in [-0.05, 0) is 50.5 Å². The second kappa shape index (κ2) is 9.78. The van der Waals surface area contributed by atoms with Crippen LogP contribution in [0.3, 0.4) is 0 Å². The summed E-state index contributed by atoms with van der Waals surface area (Å²) in [5, 5.41) is 3.01. The van der Waals surface area contributed by atoms with Crippen LogP contribution in [-0.4, -0.2) is 34.2 Å². The highest BCUT2D eigenvalue weighted by molar-refractivity contribution is 7.92. The molecule has 0 unspecified atom stereocenters. The zero-order valence-electron chi connectivity index (χ0n) is 17.7. The van der Waals surface area contributed by atoms with Crippen LogP contribution in [0.4, 0.5) is 5.69 Å². The lowest BCUT2D eigenvalue weighted by molar-refractivity contribution is -0.121. The maximum Gasteiger partial charge on any atom is 0.232 e. The van der Waals surface area contributed by atoms with Crippen molar-refractivity contribution < 1.29 is 17.9 Å². The summed E-state index contributed by atoms with van der Waals surface area (Å²) in [7, 11) is -2.00. The van der Waals surface area contributed by atoms with Crippen molar-refractivity contribution in [3.8, 4) is 5.75 Å². The van der Waals surface area contributed by atoms with Crippen LogP contribution in [0.25, 0.3) is 0 Å². The Balaban J connectivity index is 2.00. The van der Waals surface area contributed by atoms with Crippen LogP contribution in [0.5, 0.6) is 5.75 Å². The number of carbonyl (C=O) groups excluding carboxylic acids is 1. The summed E-state index contributed by atoms with van der Waals surface area (Å²) in [5.41, 5.74) is 3.84. The molecule has 0 saturated carbocycles. The maximum atomic E-state index is 12.4. The lowest BCUT2D eigenvalue weighted by Gasteiger charge is -2.24. The number of methoxy groups -OCH3 is 1. The minimum atomic E-state index is -3.50. The van der Waals surface area contributed by atoms with Crippen LogP contribution in [0, 0.1) is 13.8 Å². The number of benzene rings is 2. The molecular weight excluding hydrogens is 388 g/mol. The van der Waals surface area contributed by atoms with Gasteiger partial charge in [-0.1, -0.05) is 35.9 Å². The van der Waals surface area contributed by atoms with Crippen molar-refractivity contribution in [3.63, 3.8) is 0 Å². The van der Waals surface area contributed by atoms with E-state index in [4.69, 9.17) is 4.74 Å². The number of nitrogens with one attached hydrogen (secondary N) is 1. The lowest BCUT2D eigenvalue weighted by Crippen LogP contribution is -2.33. The van der Waals surface area contributed by atoms with E-state index in [-0.39, 0.29) is 24.9 Å². The van der Waals surface area contributed by atoms with Crippen molar-refractivity contribution in [3.05, 3.63) is 59.2 Å². The van der Waals surface area contributed by atoms with Crippen molar-refractivity contribution in [1.82, 2.24) is 5.32 Å². The number of aryl methyl sites for hydroxylation is 2. The van der Waals surface area contributed by atoms with Gasteiger partial charge in [0.1, 0.15) is 5.75 Å². The molecule has 0 radical (unpaired) electrons. The SMILES string of the molecule is COc1ccccc1N(CCCC(=O)N[C@H](C)c1cc(C)ccc1C)S(C)(=O)=O. The molecule has 7 heteroatoms. The number of rotatable bonds is 9. The van der Waals surface area contributed by atoms with Crippen LogP contribution >= 0.6 is 0 Å². The molecule has 6 nitrogen and oxygen atoms in total. The van der Waals surface area contributed by atoms with E-state index >= 15 is 0 Å². The predicted octanol–water partition coefficient (Wildman–Crippen LogP) is 3.74. The van der Waals surface area contributed by atoms with Gasteiger partial charge in [-0.15, -0.1) is 0 Å². The van der Waals surface area contributed by atoms with Crippen molar-refractivity contribution in [2.45, 2.75) is 39.7 Å². The van der Waals surface area contributed by atoms with Crippen molar-refractivity contribution >= 4 is 21.6 Å². The molecule has 0 bridgehead atoms. The van der Waals surface area contributed by atoms with Gasteiger partial charge in [0.15, 0.2) is 0 Å². The van der Waals surface area contributed by atoms with Crippen molar-refractivity contribution in [2.24, 2.45) is 0 Å². The van der Waals surface area contributed by atoms with Crippen LogP contribution < -0.4 is 14.4 Å². The highest BCUT2D eigenvalue weighted by Gasteiger charge is 2.21. The van der Waals surface area contributed by atoms with Gasteiger partial charge in [-0.3, -0.25) is 9.10 Å². The van der Waals surface area contributed by atoms with Gasteiger partial charge in [0.05, 0.1) is 25.1 Å². The number of amides is 1. The summed E-state index contributed by atoms with van der Waals surface area (Å²) >= 11 is 0. The summed E-state index contributed by atoms with van der Waals surface area (Å²) in [6.45, 7) is 6.20. The summed E-state index contributed by atoms with van der Waals surface area (Å²) in [4.78, 5) is 12.4. The zero-order valence-corrected chi connectivity index (χ0v) is 18.5. The Hall–Kier alpha value is -2.54. The number of sulfonamides is 1. The quantitative estimate of drug-likeness (QED) is 0.673. The van der Waals surface area contributed by atoms with Gasteiger partial charge in [0.25, 0.3) is 0 Å². The number of ether oxygens (including phenoxy) is 1. The largest absolute Gasteiger partial charge is 0.495 e. The standard InChI is InChI=1S/C22H30N2O4S/c1-16-12-13-17(2)19(15-16)18(3)23-22(25)11-8-14-24(29(5,26)27)20-9-6-7-10-21(20)28-4/h6-7,9-10,12-13,15,18H,8,11,14H2,1-5H3,(H,23,25)/t18-/m1/s1. The molecule has 2 rings (SSSR count). The first-order valence-electron chi connectivity index (χ1n) is 9.60. The molecule has 29 heavy (non-hydrogen) atoms. The first-order chi connectivity index (χ1) is 13.6. The Kier molecular flexibility index (Phi) is 7.67. The lowest BCUT2D eigenvalue weighted by atomic mass is 10.00. The molecular formula is C22H30N2O4S. The van der Waals surface area contributed by atoms with E-state index in [9.17, 15) is 13.2 Å². The van der Waals surface area contributed by atoms with E-state index in [2.05, 4.69) is 11.4 Å². The number of para-hydroxylation sites is 2. The summed E-state index contributed by atoms with van der Waals surface area (Å²) in [6, 6.07) is 13.0. The molecule has 0 aliphatic rings. The second-order valence-electron chi connectivity index (χ2n) is 7.26. The fourth-order valence-electron chi connectivity index (χ4n) is 3.30. The second-order valence-corrected chi connectivity index (χ2v) is 9.17. The third kappa shape index (κ3) is 6.22. The van der Waals surface area contributed by atoms with Crippen LogP contribution in [-0.2, 0) is 14.8 Å². The van der Waals surface area contributed by atoms with Gasteiger partial charge >= 0.3 is 0 Å². The number of nitrogens with zero attached hydrogens (tertiary/aromatic N) is 1. The number of hydrogen-bond acceptors (Lipinski definition) is 4. The monoisotopic (exact) mass is 418 g/mol. The molecule has 0 heterocycles. The van der Waals surface area contributed by atoms with Gasteiger partial charge in [-0.2, -0.15) is 0 Å². The highest BCUT2D eigenvalue weighted by Crippen LogP contribution is 2.29. The summed E-state index contributed by atoms with van der Waals surface area (Å²) in [6.07, 6.45) is 1.79. The summed E-state index contributed by atoms with van der Waals surface area (Å²) in [5.74, 6) is 0.373. The molecule has 2 aromatic carbocycles. The molecule has 0 saturated heterocycles. The van der Waals surface area contributed by atoms with E-state index in [1.807, 2.05) is 32.9 Å². The van der Waals surface area contributed by atoms with Crippen LogP contribution in [0.1, 0.15) is 42.5 Å². The molecule has 0 aromatic heterocycles. The highest BCUT2D eigenvalue weighted by atomic mass is 32.2. The minimum absolute atomic E-state index is 0.105. The summed E-state index contributed by atoms with van der Waals surface area (Å²) < 4.78 is 31.1. The van der Waals surface area contributed by atoms with E-state index < -0.39 is 10.0 Å². The average molecular weight is 419 g/mol. The molecule has 1 atom stereocenters. The fourth-order valence-corrected chi connectivity index (χ4v) is 4.27. The van der Waals surface area contributed by atoms with Crippen LogP contribution in [0.2, 0.25) is 0 Å². The molecule has 1 amide bonds. The molecule has 0 aliphatic carbocycles. The number of anilines is 1. The number of hydrogen-bond donors (Lipinski definition) is 1. The Morgan fingerprint density at radius 1 is 1.17 bits per heavy atom. The normalized spacial score (nSPS) is 12.3. The molecule has 2 aromatic rings. The number of carbonyl (C=O) groups is 1. The van der Waals surface area contributed by atoms with Gasteiger partial charge in [-0.25, -0.2) is 8.42 Å². The third-order valence-electron chi connectivity index (χ3n) is 4.80. The van der Waals surface area contributed by atoms with E-state index in [1.165, 1.54) is 11.4 Å². The third-order valence-corrected chi connectivity index (χ3v) is 5.98. The first kappa shape index (κ1) is 22.7. The molecule has 158 valence electrons. The maximum absolute atomic E-state index is 12.4. The van der Waals surface area contributed by atoms with E-state index in [0.29, 0.717) is 17.9 Å². The smallest absolute Gasteiger partial charge is 0.232 e. The van der Waals surface area contributed by atoms with Crippen molar-refractivity contribution in [1.29, 1.82) is 0 Å². The van der Waals surface area contributed by atoms with E-state index in [0.717, 1.165) is 22.9 Å². The van der Waals surface area contributed by atoms with Crippen LogP contribution in [0.15, 0.2) is 42.5 Å². The predicted molar refractivity (Wildman–Crippen MR) is 117 cm³/mol. The van der Waals surface area contributed by atoms with Gasteiger partial charge in [0, 0.05) is 13.0 Å². The first-order valence-corrected chi connectivity index (χ1v) is 11.5. The Bertz CT molecular complexity index is 957. The minimum Gasteiger partial charge on any atom is -0.495 e. The molecule has 0 spiro atoms. The molecule has 0 fully saturated rings. The van der Waals surface area contributed by atoms with E-state index in [1.54, 1.807) is 24.3 Å². The topological polar surface area (TPSA) is 75.7 Å². The van der Waals surface area contributed by atoms with Crippen molar-refractivity contribution in [2.75, 3.05) is 24.2 Å². The Morgan fingerprint density at radius 3 is 2.52 bits per heavy atom. The van der Waals surface area contributed by atoms with Gasteiger partial charge in [0.2, 0.25) is 15.9 Å². The Labute approximate surface area is 173 Å². The molecule has 1 N–H and O–H groups in total. The van der Waals surface area contributed by atoms with Gasteiger partial charge < -0.3 is 10.1 Å². The molecule has 0 aliphatic heterocycles. The zero-order chi connectivity index (χ0) is 21.6. The average Bonchev–Trinajstić information content (AvgIpc) is 2.66. The Morgan fingerprint density at radius 2 is 1.86 bits per heavy atom.